The third-order valence-electron chi connectivity index (χ3n) is 2.07. The number of rotatable bonds is 0. The van der Waals surface area contributed by atoms with Gasteiger partial charge in [0.05, 0.1) is 5.25 Å². The summed E-state index contributed by atoms with van der Waals surface area (Å²) in [4.78, 5) is 12.7. The van der Waals surface area contributed by atoms with Crippen LogP contribution in [0.2, 0.25) is 0 Å². The van der Waals surface area contributed by atoms with Gasteiger partial charge >= 0.3 is 0 Å². The van der Waals surface area contributed by atoms with Gasteiger partial charge in [-0.1, -0.05) is 11.6 Å². The minimum atomic E-state index is 0.113. The summed E-state index contributed by atoms with van der Waals surface area (Å²) < 4.78 is 0. The highest BCUT2D eigenvalue weighted by atomic mass is 32.2. The average Bonchev–Trinajstić information content (AvgIpc) is 2.31. The molecule has 0 aromatic heterocycles. The molecule has 1 unspecified atom stereocenters. The summed E-state index contributed by atoms with van der Waals surface area (Å²) in [6.07, 6.45) is 0. The molecule has 2 heteroatoms. The Morgan fingerprint density at radius 1 is 1.42 bits per heavy atom. The minimum absolute atomic E-state index is 0.113. The summed E-state index contributed by atoms with van der Waals surface area (Å²) in [7, 11) is 0. The van der Waals surface area contributed by atoms with Crippen molar-refractivity contribution < 1.29 is 4.79 Å². The summed E-state index contributed by atoms with van der Waals surface area (Å²) in [6, 6.07) is 6.07. The SMILES string of the molecule is Cc1ccc2c(c1)C(=O)C(C)S2. The molecule has 0 spiro atoms. The van der Waals surface area contributed by atoms with E-state index in [-0.39, 0.29) is 11.0 Å². The maximum atomic E-state index is 11.5. The van der Waals surface area contributed by atoms with E-state index < -0.39 is 0 Å². The van der Waals surface area contributed by atoms with Crippen LogP contribution in [0.1, 0.15) is 22.8 Å². The number of carbonyl (C=O) groups is 1. The zero-order valence-electron chi connectivity index (χ0n) is 7.13. The second-order valence-corrected chi connectivity index (χ2v) is 4.51. The van der Waals surface area contributed by atoms with Crippen molar-refractivity contribution in [3.05, 3.63) is 29.3 Å². The molecule has 1 nitrogen and oxygen atoms in total. The Morgan fingerprint density at radius 2 is 2.17 bits per heavy atom. The summed E-state index contributed by atoms with van der Waals surface area (Å²) in [6.45, 7) is 3.98. The molecule has 1 heterocycles. The number of ketones is 1. The molecule has 1 aliphatic rings. The quantitative estimate of drug-likeness (QED) is 0.607. The lowest BCUT2D eigenvalue weighted by Crippen LogP contribution is -2.05. The van der Waals surface area contributed by atoms with Crippen LogP contribution in [-0.2, 0) is 0 Å². The van der Waals surface area contributed by atoms with Crippen LogP contribution in [0.5, 0.6) is 0 Å². The van der Waals surface area contributed by atoms with Gasteiger partial charge in [-0.25, -0.2) is 0 Å². The van der Waals surface area contributed by atoms with Crippen LogP contribution >= 0.6 is 11.8 Å². The van der Waals surface area contributed by atoms with Crippen LogP contribution in [0.15, 0.2) is 23.1 Å². The van der Waals surface area contributed by atoms with E-state index in [0.29, 0.717) is 0 Å². The monoisotopic (exact) mass is 178 g/mol. The molecule has 0 radical (unpaired) electrons. The fraction of sp³-hybridized carbons (Fsp3) is 0.300. The fourth-order valence-electron chi connectivity index (χ4n) is 1.40. The fourth-order valence-corrected chi connectivity index (χ4v) is 2.45. The molecule has 1 aromatic rings. The summed E-state index contributed by atoms with van der Waals surface area (Å²) in [5, 5.41) is 0.113. The molecule has 1 aromatic carbocycles. The molecular weight excluding hydrogens is 168 g/mol. The van der Waals surface area contributed by atoms with Gasteiger partial charge in [0.25, 0.3) is 0 Å². The number of fused-ring (bicyclic) bond motifs is 1. The molecule has 2 rings (SSSR count). The van der Waals surface area contributed by atoms with Crippen LogP contribution in [0.4, 0.5) is 0 Å². The van der Waals surface area contributed by atoms with E-state index in [4.69, 9.17) is 0 Å². The van der Waals surface area contributed by atoms with Crippen molar-refractivity contribution in [2.24, 2.45) is 0 Å². The Bertz CT molecular complexity index is 344. The zero-order valence-corrected chi connectivity index (χ0v) is 7.94. The van der Waals surface area contributed by atoms with Crippen molar-refractivity contribution in [2.75, 3.05) is 0 Å². The van der Waals surface area contributed by atoms with Gasteiger partial charge in [0.15, 0.2) is 5.78 Å². The normalized spacial score (nSPS) is 21.2. The Morgan fingerprint density at radius 3 is 2.92 bits per heavy atom. The van der Waals surface area contributed by atoms with Crippen molar-refractivity contribution in [1.29, 1.82) is 0 Å². The van der Waals surface area contributed by atoms with Crippen molar-refractivity contribution >= 4 is 17.5 Å². The minimum Gasteiger partial charge on any atom is -0.293 e. The van der Waals surface area contributed by atoms with E-state index in [1.165, 1.54) is 0 Å². The van der Waals surface area contributed by atoms with Gasteiger partial charge in [-0.05, 0) is 26.0 Å². The van der Waals surface area contributed by atoms with Crippen LogP contribution in [-0.4, -0.2) is 11.0 Å². The largest absolute Gasteiger partial charge is 0.293 e. The number of hydrogen-bond acceptors (Lipinski definition) is 2. The van der Waals surface area contributed by atoms with Gasteiger partial charge in [0, 0.05) is 10.5 Å². The van der Waals surface area contributed by atoms with Crippen LogP contribution in [0, 0.1) is 6.92 Å². The van der Waals surface area contributed by atoms with Gasteiger partial charge in [-0.2, -0.15) is 0 Å². The standard InChI is InChI=1S/C10H10OS/c1-6-3-4-9-8(5-6)10(11)7(2)12-9/h3-5,7H,1-2H3. The molecule has 12 heavy (non-hydrogen) atoms. The molecular formula is C10H10OS. The van der Waals surface area contributed by atoms with Crippen molar-refractivity contribution in [2.45, 2.75) is 24.0 Å². The first-order chi connectivity index (χ1) is 5.68. The third kappa shape index (κ3) is 1.07. The predicted molar refractivity (Wildman–Crippen MR) is 50.8 cm³/mol. The molecule has 1 aliphatic heterocycles. The van der Waals surface area contributed by atoms with E-state index >= 15 is 0 Å². The second kappa shape index (κ2) is 2.63. The number of benzene rings is 1. The van der Waals surface area contributed by atoms with Crippen molar-refractivity contribution in [3.63, 3.8) is 0 Å². The van der Waals surface area contributed by atoms with Crippen LogP contribution < -0.4 is 0 Å². The lowest BCUT2D eigenvalue weighted by atomic mass is 10.1. The maximum absolute atomic E-state index is 11.5. The molecule has 1 atom stereocenters. The molecule has 0 aliphatic carbocycles. The summed E-state index contributed by atoms with van der Waals surface area (Å²) >= 11 is 1.66. The number of carbonyl (C=O) groups excluding carboxylic acids is 1. The summed E-state index contributed by atoms with van der Waals surface area (Å²) in [5.74, 6) is 0.277. The average molecular weight is 178 g/mol. The van der Waals surface area contributed by atoms with E-state index in [9.17, 15) is 4.79 Å². The summed E-state index contributed by atoms with van der Waals surface area (Å²) in [5.41, 5.74) is 2.07. The zero-order chi connectivity index (χ0) is 8.72. The van der Waals surface area contributed by atoms with Crippen molar-refractivity contribution in [1.82, 2.24) is 0 Å². The Kier molecular flexibility index (Phi) is 1.72. The van der Waals surface area contributed by atoms with Crippen LogP contribution in [0.3, 0.4) is 0 Å². The van der Waals surface area contributed by atoms with Gasteiger partial charge < -0.3 is 0 Å². The Labute approximate surface area is 76.2 Å². The van der Waals surface area contributed by atoms with Gasteiger partial charge in [0.2, 0.25) is 0 Å². The van der Waals surface area contributed by atoms with Gasteiger partial charge in [0.1, 0.15) is 0 Å². The predicted octanol–water partition coefficient (Wildman–Crippen LogP) is 2.67. The van der Waals surface area contributed by atoms with Gasteiger partial charge in [-0.15, -0.1) is 11.8 Å². The highest BCUT2D eigenvalue weighted by molar-refractivity contribution is 8.01. The van der Waals surface area contributed by atoms with E-state index in [0.717, 1.165) is 16.0 Å². The highest BCUT2D eigenvalue weighted by Crippen LogP contribution is 2.36. The van der Waals surface area contributed by atoms with E-state index in [1.54, 1.807) is 11.8 Å². The van der Waals surface area contributed by atoms with E-state index in [1.807, 2.05) is 26.0 Å². The second-order valence-electron chi connectivity index (χ2n) is 3.12. The first-order valence-corrected chi connectivity index (χ1v) is 4.88. The molecule has 0 bridgehead atoms. The topological polar surface area (TPSA) is 17.1 Å². The highest BCUT2D eigenvalue weighted by Gasteiger charge is 2.27. The van der Waals surface area contributed by atoms with E-state index in [2.05, 4.69) is 6.07 Å². The Hall–Kier alpha value is -0.760. The Balaban J connectivity index is 2.56. The lowest BCUT2D eigenvalue weighted by Gasteiger charge is -1.96. The molecule has 0 N–H and O–H groups in total. The number of Topliss-reactive ketones (excluding diaryl/α,β-unsaturated/α-hetero) is 1. The maximum Gasteiger partial charge on any atom is 0.177 e. The molecule has 0 saturated heterocycles. The lowest BCUT2D eigenvalue weighted by molar-refractivity contribution is 0.0996. The van der Waals surface area contributed by atoms with Crippen molar-refractivity contribution in [3.8, 4) is 0 Å². The first-order valence-electron chi connectivity index (χ1n) is 4.00. The number of hydrogen-bond donors (Lipinski definition) is 0. The molecule has 0 fully saturated rings. The van der Waals surface area contributed by atoms with Gasteiger partial charge in [-0.3, -0.25) is 4.79 Å². The molecule has 62 valence electrons. The molecule has 0 amide bonds. The number of thioether (sulfide) groups is 1. The molecule has 0 saturated carbocycles. The van der Waals surface area contributed by atoms with Crippen LogP contribution in [0.25, 0.3) is 0 Å². The third-order valence-corrected chi connectivity index (χ3v) is 3.25. The first kappa shape index (κ1) is 7.87. The smallest absolute Gasteiger partial charge is 0.177 e. The number of aryl methyl sites for hydroxylation is 1.